The lowest BCUT2D eigenvalue weighted by Crippen LogP contribution is -2.56. The predicted molar refractivity (Wildman–Crippen MR) is 81.7 cm³/mol. The Labute approximate surface area is 128 Å². The van der Waals surface area contributed by atoms with Crippen molar-refractivity contribution >= 4 is 11.6 Å². The highest BCUT2D eigenvalue weighted by Gasteiger charge is 2.62. The molecule has 0 amide bonds. The van der Waals surface area contributed by atoms with Crippen molar-refractivity contribution in [3.63, 3.8) is 0 Å². The van der Waals surface area contributed by atoms with E-state index in [1.807, 2.05) is 0 Å². The van der Waals surface area contributed by atoms with Crippen molar-refractivity contribution in [1.29, 1.82) is 0 Å². The monoisotopic (exact) mass is 288 g/mol. The fourth-order valence-electron chi connectivity index (χ4n) is 6.89. The maximum Gasteiger partial charge on any atom is 0.139 e. The fourth-order valence-corrected chi connectivity index (χ4v) is 6.89. The molecular formula is C19H28O2. The number of hydrogen-bond acceptors (Lipinski definition) is 2. The summed E-state index contributed by atoms with van der Waals surface area (Å²) >= 11 is 0. The van der Waals surface area contributed by atoms with Crippen molar-refractivity contribution < 1.29 is 9.59 Å². The first-order valence-corrected chi connectivity index (χ1v) is 9.03. The molecule has 4 saturated carbocycles. The summed E-state index contributed by atoms with van der Waals surface area (Å²) in [5.74, 6) is 2.83. The average molecular weight is 288 g/mol. The molecule has 0 aromatic rings. The number of fused-ring (bicyclic) bond motifs is 5. The van der Waals surface area contributed by atoms with Gasteiger partial charge in [-0.1, -0.05) is 26.7 Å². The van der Waals surface area contributed by atoms with Gasteiger partial charge in [-0.25, -0.2) is 0 Å². The maximum absolute atomic E-state index is 13.0. The molecule has 0 radical (unpaired) electrons. The summed E-state index contributed by atoms with van der Waals surface area (Å²) < 4.78 is 0. The van der Waals surface area contributed by atoms with Gasteiger partial charge < -0.3 is 0 Å². The van der Waals surface area contributed by atoms with E-state index in [0.29, 0.717) is 29.8 Å². The highest BCUT2D eigenvalue weighted by atomic mass is 16.1. The van der Waals surface area contributed by atoms with Gasteiger partial charge in [0.25, 0.3) is 0 Å². The number of Topliss-reactive ketones (excluding diaryl/α,β-unsaturated/α-hetero) is 2. The van der Waals surface area contributed by atoms with Crippen molar-refractivity contribution in [2.45, 2.75) is 71.6 Å². The maximum atomic E-state index is 13.0. The molecule has 0 aromatic carbocycles. The second-order valence-electron chi connectivity index (χ2n) is 8.80. The van der Waals surface area contributed by atoms with Gasteiger partial charge in [0.05, 0.1) is 0 Å². The third-order valence-corrected chi connectivity index (χ3v) is 7.98. The normalized spacial score (nSPS) is 53.0. The fraction of sp³-hybridized carbons (Fsp3) is 0.895. The Balaban J connectivity index is 1.73. The zero-order valence-corrected chi connectivity index (χ0v) is 13.5. The van der Waals surface area contributed by atoms with Crippen LogP contribution in [0.25, 0.3) is 0 Å². The second-order valence-corrected chi connectivity index (χ2v) is 8.80. The van der Waals surface area contributed by atoms with Crippen LogP contribution in [0, 0.1) is 34.5 Å². The van der Waals surface area contributed by atoms with E-state index in [9.17, 15) is 9.59 Å². The standard InChI is InChI=1S/C19H28O2/c1-18-10-4-3-5-12(18)6-7-13-14-8-9-16(21)19(14,2)11-15(20)17(13)18/h12-14,17H,3-11H2,1-2H3/t12?,13-,14-,17+,18-,19-/m0/s1. The highest BCUT2D eigenvalue weighted by Crippen LogP contribution is 2.64. The lowest BCUT2D eigenvalue weighted by atomic mass is 9.45. The lowest BCUT2D eigenvalue weighted by molar-refractivity contribution is -0.159. The van der Waals surface area contributed by atoms with Crippen molar-refractivity contribution in [2.24, 2.45) is 34.5 Å². The first kappa shape index (κ1) is 14.0. The molecule has 6 atom stereocenters. The van der Waals surface area contributed by atoms with Crippen LogP contribution in [-0.2, 0) is 9.59 Å². The summed E-state index contributed by atoms with van der Waals surface area (Å²) in [4.78, 5) is 25.4. The molecule has 4 aliphatic rings. The van der Waals surface area contributed by atoms with E-state index in [0.717, 1.165) is 18.8 Å². The molecule has 0 spiro atoms. The molecule has 1 unspecified atom stereocenters. The van der Waals surface area contributed by atoms with Crippen LogP contribution in [0.1, 0.15) is 71.6 Å². The van der Waals surface area contributed by atoms with Crippen LogP contribution in [0.15, 0.2) is 0 Å². The van der Waals surface area contributed by atoms with Crippen LogP contribution in [0.4, 0.5) is 0 Å². The number of hydrogen-bond donors (Lipinski definition) is 0. The molecule has 0 N–H and O–H groups in total. The van der Waals surface area contributed by atoms with E-state index < -0.39 is 0 Å². The summed E-state index contributed by atoms with van der Waals surface area (Å²) in [5.41, 5.74) is -0.0681. The second kappa shape index (κ2) is 4.43. The Kier molecular flexibility index (Phi) is 2.94. The smallest absolute Gasteiger partial charge is 0.139 e. The van der Waals surface area contributed by atoms with Gasteiger partial charge in [-0.2, -0.15) is 0 Å². The van der Waals surface area contributed by atoms with Gasteiger partial charge in [-0.15, -0.1) is 0 Å². The van der Waals surface area contributed by atoms with Gasteiger partial charge in [0.1, 0.15) is 11.6 Å². The van der Waals surface area contributed by atoms with Gasteiger partial charge in [0.15, 0.2) is 0 Å². The quantitative estimate of drug-likeness (QED) is 0.670. The van der Waals surface area contributed by atoms with Crippen molar-refractivity contribution in [1.82, 2.24) is 0 Å². The minimum Gasteiger partial charge on any atom is -0.299 e. The van der Waals surface area contributed by atoms with Crippen LogP contribution in [0.2, 0.25) is 0 Å². The van der Waals surface area contributed by atoms with Crippen LogP contribution < -0.4 is 0 Å². The van der Waals surface area contributed by atoms with Crippen LogP contribution in [0.5, 0.6) is 0 Å². The van der Waals surface area contributed by atoms with E-state index in [1.165, 1.54) is 38.5 Å². The summed E-state index contributed by atoms with van der Waals surface area (Å²) in [5, 5.41) is 0. The lowest BCUT2D eigenvalue weighted by Gasteiger charge is -2.58. The molecular weight excluding hydrogens is 260 g/mol. The van der Waals surface area contributed by atoms with E-state index >= 15 is 0 Å². The van der Waals surface area contributed by atoms with Crippen molar-refractivity contribution in [3.05, 3.63) is 0 Å². The minimum absolute atomic E-state index is 0.241. The molecule has 0 aliphatic heterocycles. The first-order valence-electron chi connectivity index (χ1n) is 9.03. The zero-order chi connectivity index (χ0) is 14.8. The Hall–Kier alpha value is -0.660. The third kappa shape index (κ3) is 1.71. The number of carbonyl (C=O) groups excluding carboxylic acids is 2. The molecule has 0 aromatic heterocycles. The molecule has 4 fully saturated rings. The Morgan fingerprint density at radius 1 is 1.00 bits per heavy atom. The van der Waals surface area contributed by atoms with Crippen LogP contribution in [-0.4, -0.2) is 11.6 Å². The van der Waals surface area contributed by atoms with Crippen LogP contribution in [0.3, 0.4) is 0 Å². The zero-order valence-electron chi connectivity index (χ0n) is 13.5. The van der Waals surface area contributed by atoms with E-state index in [4.69, 9.17) is 0 Å². The molecule has 0 bridgehead atoms. The molecule has 2 heteroatoms. The van der Waals surface area contributed by atoms with Crippen molar-refractivity contribution in [3.8, 4) is 0 Å². The third-order valence-electron chi connectivity index (χ3n) is 7.98. The molecule has 4 rings (SSSR count). The Bertz CT molecular complexity index is 496. The van der Waals surface area contributed by atoms with E-state index in [-0.39, 0.29) is 16.7 Å². The topological polar surface area (TPSA) is 34.1 Å². The molecule has 2 nitrogen and oxygen atoms in total. The van der Waals surface area contributed by atoms with E-state index in [1.54, 1.807) is 0 Å². The van der Waals surface area contributed by atoms with Gasteiger partial charge in [0, 0.05) is 24.2 Å². The summed E-state index contributed by atoms with van der Waals surface area (Å²) in [6.45, 7) is 4.50. The Morgan fingerprint density at radius 3 is 2.62 bits per heavy atom. The van der Waals surface area contributed by atoms with Gasteiger partial charge in [-0.3, -0.25) is 9.59 Å². The highest BCUT2D eigenvalue weighted by molar-refractivity contribution is 5.95. The number of carbonyl (C=O) groups is 2. The SMILES string of the molecule is C[C@]12CCCCC1CC[C@@H]1[C@@H]2C(=O)C[C@]2(C)C(=O)CC[C@@H]12. The van der Waals surface area contributed by atoms with E-state index in [2.05, 4.69) is 13.8 Å². The number of ketones is 2. The molecule has 116 valence electrons. The predicted octanol–water partition coefficient (Wildman–Crippen LogP) is 4.17. The first-order chi connectivity index (χ1) is 9.97. The van der Waals surface area contributed by atoms with Crippen molar-refractivity contribution in [2.75, 3.05) is 0 Å². The largest absolute Gasteiger partial charge is 0.299 e. The van der Waals surface area contributed by atoms with Crippen LogP contribution >= 0.6 is 0 Å². The van der Waals surface area contributed by atoms with Gasteiger partial charge in [-0.05, 0) is 55.3 Å². The summed E-state index contributed by atoms with van der Waals surface area (Å²) in [6.07, 6.45) is 10.0. The number of rotatable bonds is 0. The van der Waals surface area contributed by atoms with Gasteiger partial charge >= 0.3 is 0 Å². The average Bonchev–Trinajstić information content (AvgIpc) is 2.73. The summed E-state index contributed by atoms with van der Waals surface area (Å²) in [6, 6.07) is 0. The van der Waals surface area contributed by atoms with Gasteiger partial charge in [0.2, 0.25) is 0 Å². The Morgan fingerprint density at radius 2 is 1.81 bits per heavy atom. The molecule has 21 heavy (non-hydrogen) atoms. The minimum atomic E-state index is -0.309. The molecule has 0 heterocycles. The molecule has 4 aliphatic carbocycles. The molecule has 0 saturated heterocycles. The summed E-state index contributed by atoms with van der Waals surface area (Å²) in [7, 11) is 0.